The highest BCUT2D eigenvalue weighted by Gasteiger charge is 2.23. The summed E-state index contributed by atoms with van der Waals surface area (Å²) in [7, 11) is 3.04. The summed E-state index contributed by atoms with van der Waals surface area (Å²) in [4.78, 5) is 29.5. The molecule has 9 nitrogen and oxygen atoms in total. The Balaban J connectivity index is 2.21. The van der Waals surface area contributed by atoms with Crippen molar-refractivity contribution in [2.24, 2.45) is 0 Å². The number of amides is 2. The minimum Gasteiger partial charge on any atom is -0.497 e. The zero-order valence-electron chi connectivity index (χ0n) is 18.2. The first-order valence-electron chi connectivity index (χ1n) is 9.88. The minimum atomic E-state index is -0.358. The molecule has 2 amide bonds. The van der Waals surface area contributed by atoms with Crippen LogP contribution in [-0.2, 0) is 4.79 Å². The van der Waals surface area contributed by atoms with Gasteiger partial charge in [-0.1, -0.05) is 19.0 Å². The number of benzene rings is 1. The normalized spacial score (nSPS) is 10.7. The maximum atomic E-state index is 13.3. The number of aryl methyl sites for hydroxylation is 1. The highest BCUT2D eigenvalue weighted by atomic mass is 16.5. The molecule has 1 aromatic carbocycles. The number of methoxy groups -OCH3 is 2. The molecule has 0 saturated heterocycles. The monoisotopic (exact) mass is 418 g/mol. The number of likely N-dealkylation sites (N-methyl/N-ethyl adjacent to an activating group) is 1. The number of nitrogens with zero attached hydrogens (tertiary/aromatic N) is 3. The van der Waals surface area contributed by atoms with Gasteiger partial charge in [-0.3, -0.25) is 9.59 Å². The number of hydrogen-bond acceptors (Lipinski definition) is 7. The number of aromatic nitrogens is 1. The third-order valence-electron chi connectivity index (χ3n) is 4.74. The largest absolute Gasteiger partial charge is 0.497 e. The summed E-state index contributed by atoms with van der Waals surface area (Å²) in [5.74, 6) is 1.21. The zero-order valence-corrected chi connectivity index (χ0v) is 18.2. The maximum absolute atomic E-state index is 13.3. The molecule has 1 N–H and O–H groups in total. The second kappa shape index (κ2) is 11.2. The van der Waals surface area contributed by atoms with Crippen molar-refractivity contribution in [2.45, 2.75) is 20.8 Å². The molecule has 9 heteroatoms. The van der Waals surface area contributed by atoms with Gasteiger partial charge in [0.1, 0.15) is 23.8 Å². The van der Waals surface area contributed by atoms with Gasteiger partial charge in [-0.05, 0) is 32.1 Å². The lowest BCUT2D eigenvalue weighted by Gasteiger charge is -2.26. The molecule has 0 saturated carbocycles. The molecule has 2 rings (SSSR count). The molecule has 0 aliphatic heterocycles. The Morgan fingerprint density at radius 1 is 1.10 bits per heavy atom. The molecule has 2 aromatic rings. The summed E-state index contributed by atoms with van der Waals surface area (Å²) in [6, 6.07) is 6.60. The minimum absolute atomic E-state index is 0.124. The number of nitrogens with one attached hydrogen (secondary N) is 1. The van der Waals surface area contributed by atoms with Gasteiger partial charge >= 0.3 is 0 Å². The summed E-state index contributed by atoms with van der Waals surface area (Å²) >= 11 is 0. The van der Waals surface area contributed by atoms with Crippen LogP contribution in [-0.4, -0.2) is 73.7 Å². The Kier molecular flexibility index (Phi) is 8.67. The fraction of sp³-hybridized carbons (Fsp3) is 0.476. The van der Waals surface area contributed by atoms with Gasteiger partial charge in [0.25, 0.3) is 5.91 Å². The van der Waals surface area contributed by atoms with E-state index in [0.29, 0.717) is 41.7 Å². The van der Waals surface area contributed by atoms with Crippen molar-refractivity contribution >= 4 is 17.6 Å². The van der Waals surface area contributed by atoms with Gasteiger partial charge < -0.3 is 29.1 Å². The van der Waals surface area contributed by atoms with Gasteiger partial charge in [0.05, 0.1) is 19.8 Å². The van der Waals surface area contributed by atoms with Gasteiger partial charge in [0, 0.05) is 25.2 Å². The van der Waals surface area contributed by atoms with E-state index in [-0.39, 0.29) is 18.4 Å². The molecule has 30 heavy (non-hydrogen) atoms. The molecule has 0 bridgehead atoms. The number of rotatable bonds is 11. The van der Waals surface area contributed by atoms with Crippen LogP contribution in [0.4, 0.5) is 5.82 Å². The quantitative estimate of drug-likeness (QED) is 0.598. The first kappa shape index (κ1) is 23.2. The Labute approximate surface area is 176 Å². The lowest BCUT2D eigenvalue weighted by Crippen LogP contribution is -2.43. The van der Waals surface area contributed by atoms with Crippen molar-refractivity contribution in [3.63, 3.8) is 0 Å². The topological polar surface area (TPSA) is 97.1 Å². The maximum Gasteiger partial charge on any atom is 0.258 e. The Morgan fingerprint density at radius 3 is 2.40 bits per heavy atom. The highest BCUT2D eigenvalue weighted by Crippen LogP contribution is 2.25. The molecule has 0 spiro atoms. The van der Waals surface area contributed by atoms with Gasteiger partial charge in [-0.15, -0.1) is 0 Å². The number of anilines is 1. The molecule has 0 radical (unpaired) electrons. The smallest absolute Gasteiger partial charge is 0.258 e. The summed E-state index contributed by atoms with van der Waals surface area (Å²) in [6.45, 7) is 8.47. The lowest BCUT2D eigenvalue weighted by atomic mass is 10.1. The van der Waals surface area contributed by atoms with E-state index in [1.165, 1.54) is 12.0 Å². The third-order valence-corrected chi connectivity index (χ3v) is 4.74. The van der Waals surface area contributed by atoms with Crippen LogP contribution in [0.15, 0.2) is 28.8 Å². The van der Waals surface area contributed by atoms with Crippen LogP contribution in [0.5, 0.6) is 11.5 Å². The molecule has 1 aromatic heterocycles. The molecule has 0 fully saturated rings. The van der Waals surface area contributed by atoms with Crippen molar-refractivity contribution in [1.29, 1.82) is 0 Å². The molecule has 0 unspecified atom stereocenters. The average molecular weight is 418 g/mol. The van der Waals surface area contributed by atoms with E-state index in [0.717, 1.165) is 13.1 Å². The molecule has 0 atom stereocenters. The molecule has 0 aliphatic carbocycles. The summed E-state index contributed by atoms with van der Waals surface area (Å²) in [5, 5.41) is 6.42. The van der Waals surface area contributed by atoms with Crippen molar-refractivity contribution in [2.75, 3.05) is 52.3 Å². The number of hydrogen-bond donors (Lipinski definition) is 1. The van der Waals surface area contributed by atoms with Crippen molar-refractivity contribution in [3.8, 4) is 11.5 Å². The van der Waals surface area contributed by atoms with E-state index in [1.54, 1.807) is 38.3 Å². The lowest BCUT2D eigenvalue weighted by molar-refractivity contribution is -0.117. The van der Waals surface area contributed by atoms with Gasteiger partial charge in [0.2, 0.25) is 5.91 Å². The fourth-order valence-corrected chi connectivity index (χ4v) is 2.98. The van der Waals surface area contributed by atoms with Crippen molar-refractivity contribution in [3.05, 3.63) is 35.6 Å². The molecular weight excluding hydrogens is 388 g/mol. The van der Waals surface area contributed by atoms with E-state index in [9.17, 15) is 9.59 Å². The summed E-state index contributed by atoms with van der Waals surface area (Å²) in [6.07, 6.45) is 0. The Morgan fingerprint density at radius 2 is 1.83 bits per heavy atom. The van der Waals surface area contributed by atoms with E-state index in [2.05, 4.69) is 29.2 Å². The van der Waals surface area contributed by atoms with Crippen LogP contribution in [0.3, 0.4) is 0 Å². The molecule has 164 valence electrons. The van der Waals surface area contributed by atoms with Gasteiger partial charge in [-0.2, -0.15) is 0 Å². The van der Waals surface area contributed by atoms with Gasteiger partial charge in [0.15, 0.2) is 5.82 Å². The second-order valence-corrected chi connectivity index (χ2v) is 6.69. The molecular formula is C21H30N4O5. The SMILES string of the molecule is CCN(CC)CCN(CC(=O)Nc1cc(C)on1)C(=O)c1ccc(OC)cc1OC. The van der Waals surface area contributed by atoms with E-state index < -0.39 is 0 Å². The van der Waals surface area contributed by atoms with Gasteiger partial charge in [-0.25, -0.2) is 0 Å². The predicted octanol–water partition coefficient (Wildman–Crippen LogP) is 2.42. The highest BCUT2D eigenvalue weighted by molar-refractivity contribution is 6.00. The summed E-state index contributed by atoms with van der Waals surface area (Å²) in [5.41, 5.74) is 0.364. The number of carbonyl (C=O) groups excluding carboxylic acids is 2. The number of carbonyl (C=O) groups is 2. The van der Waals surface area contributed by atoms with E-state index in [4.69, 9.17) is 14.0 Å². The van der Waals surface area contributed by atoms with Crippen LogP contribution in [0.25, 0.3) is 0 Å². The summed E-state index contributed by atoms with van der Waals surface area (Å²) < 4.78 is 15.5. The van der Waals surface area contributed by atoms with Crippen molar-refractivity contribution in [1.82, 2.24) is 15.0 Å². The first-order chi connectivity index (χ1) is 14.4. The third kappa shape index (κ3) is 6.21. The van der Waals surface area contributed by atoms with Crippen molar-refractivity contribution < 1.29 is 23.6 Å². The average Bonchev–Trinajstić information content (AvgIpc) is 3.16. The van der Waals surface area contributed by atoms with E-state index >= 15 is 0 Å². The van der Waals surface area contributed by atoms with Crippen LogP contribution < -0.4 is 14.8 Å². The standard InChI is InChI=1S/C21H30N4O5/c1-6-24(7-2)10-11-25(14-20(26)22-19-12-15(3)30-23-19)21(27)17-9-8-16(28-4)13-18(17)29-5/h8-9,12-13H,6-7,10-11,14H2,1-5H3,(H,22,23,26). The predicted molar refractivity (Wildman–Crippen MR) is 113 cm³/mol. The van der Waals surface area contributed by atoms with Crippen LogP contribution >= 0.6 is 0 Å². The Hall–Kier alpha value is -3.07. The zero-order chi connectivity index (χ0) is 22.1. The van der Waals surface area contributed by atoms with Crippen LogP contribution in [0.1, 0.15) is 30.0 Å². The van der Waals surface area contributed by atoms with E-state index in [1.807, 2.05) is 0 Å². The second-order valence-electron chi connectivity index (χ2n) is 6.69. The number of ether oxygens (including phenoxy) is 2. The van der Waals surface area contributed by atoms with Crippen LogP contribution in [0.2, 0.25) is 0 Å². The molecule has 1 heterocycles. The Bertz CT molecular complexity index is 848. The fourth-order valence-electron chi connectivity index (χ4n) is 2.98. The van der Waals surface area contributed by atoms with Crippen LogP contribution in [0, 0.1) is 6.92 Å². The first-order valence-corrected chi connectivity index (χ1v) is 9.88. The molecule has 0 aliphatic rings.